The van der Waals surface area contributed by atoms with Gasteiger partial charge >= 0.3 is 0 Å². The summed E-state index contributed by atoms with van der Waals surface area (Å²) in [6, 6.07) is 5.98. The van der Waals surface area contributed by atoms with E-state index in [4.69, 9.17) is 16.7 Å². The second-order valence-corrected chi connectivity index (χ2v) is 6.00. The van der Waals surface area contributed by atoms with Crippen molar-refractivity contribution in [1.29, 1.82) is 0 Å². The molecule has 1 amide bonds. The van der Waals surface area contributed by atoms with Crippen LogP contribution < -0.4 is 0 Å². The van der Waals surface area contributed by atoms with Gasteiger partial charge in [0.2, 0.25) is 5.91 Å². The van der Waals surface area contributed by atoms with Gasteiger partial charge in [-0.25, -0.2) is 0 Å². The average Bonchev–Trinajstić information content (AvgIpc) is 2.89. The van der Waals surface area contributed by atoms with E-state index in [0.717, 1.165) is 48.5 Å². The highest BCUT2D eigenvalue weighted by molar-refractivity contribution is 6.31. The zero-order valence-corrected chi connectivity index (χ0v) is 12.7. The predicted octanol–water partition coefficient (Wildman–Crippen LogP) is 2.81. The van der Waals surface area contributed by atoms with E-state index in [-0.39, 0.29) is 12.5 Å². The normalized spacial score (nSPS) is 18.6. The Balaban J connectivity index is 1.82. The topological polar surface area (TPSA) is 40.5 Å². The minimum atomic E-state index is 0.210. The largest absolute Gasteiger partial charge is 0.396 e. The zero-order chi connectivity index (χ0) is 14.5. The molecule has 1 aliphatic rings. The second kappa shape index (κ2) is 7.09. The molecule has 1 N–H and O–H groups in total. The Morgan fingerprint density at radius 3 is 3.00 bits per heavy atom. The number of carbonyl (C=O) groups excluding carboxylic acids is 1. The number of likely N-dealkylation sites (tertiary alicyclic amines) is 1. The molecule has 4 heteroatoms. The van der Waals surface area contributed by atoms with Gasteiger partial charge in [-0.15, -0.1) is 0 Å². The number of rotatable bonds is 5. The van der Waals surface area contributed by atoms with E-state index in [0.29, 0.717) is 12.3 Å². The first-order valence-electron chi connectivity index (χ1n) is 7.24. The van der Waals surface area contributed by atoms with Crippen LogP contribution in [-0.4, -0.2) is 35.6 Å². The third kappa shape index (κ3) is 3.97. The summed E-state index contributed by atoms with van der Waals surface area (Å²) >= 11 is 6.09. The van der Waals surface area contributed by atoms with Crippen LogP contribution in [0.25, 0.3) is 0 Å². The van der Waals surface area contributed by atoms with Crippen LogP contribution in [0.1, 0.15) is 30.4 Å². The first-order chi connectivity index (χ1) is 9.60. The number of aryl methyl sites for hydroxylation is 2. The number of amides is 1. The summed E-state index contributed by atoms with van der Waals surface area (Å²) in [5.74, 6) is 0.680. The Bertz CT molecular complexity index is 476. The quantitative estimate of drug-likeness (QED) is 0.907. The third-order valence-corrected chi connectivity index (χ3v) is 4.45. The summed E-state index contributed by atoms with van der Waals surface area (Å²) in [5.41, 5.74) is 2.17. The molecule has 0 radical (unpaired) electrons. The summed E-state index contributed by atoms with van der Waals surface area (Å²) in [7, 11) is 0. The molecule has 1 aliphatic heterocycles. The molecule has 1 fully saturated rings. The fourth-order valence-corrected chi connectivity index (χ4v) is 2.88. The second-order valence-electron chi connectivity index (χ2n) is 5.59. The highest BCUT2D eigenvalue weighted by Crippen LogP contribution is 2.21. The van der Waals surface area contributed by atoms with E-state index in [2.05, 4.69) is 0 Å². The molecule has 0 spiro atoms. The van der Waals surface area contributed by atoms with Crippen molar-refractivity contribution in [3.8, 4) is 0 Å². The van der Waals surface area contributed by atoms with E-state index >= 15 is 0 Å². The predicted molar refractivity (Wildman–Crippen MR) is 80.9 cm³/mol. The summed E-state index contributed by atoms with van der Waals surface area (Å²) in [6.07, 6.45) is 3.09. The highest BCUT2D eigenvalue weighted by Gasteiger charge is 2.25. The molecule has 0 bridgehead atoms. The van der Waals surface area contributed by atoms with Crippen molar-refractivity contribution in [2.45, 2.75) is 32.6 Å². The van der Waals surface area contributed by atoms with Gasteiger partial charge in [0.25, 0.3) is 0 Å². The highest BCUT2D eigenvalue weighted by atomic mass is 35.5. The van der Waals surface area contributed by atoms with Crippen molar-refractivity contribution in [3.63, 3.8) is 0 Å². The summed E-state index contributed by atoms with van der Waals surface area (Å²) < 4.78 is 0. The maximum absolute atomic E-state index is 12.2. The lowest BCUT2D eigenvalue weighted by Gasteiger charge is -2.16. The number of carbonyl (C=O) groups is 1. The Morgan fingerprint density at radius 1 is 1.50 bits per heavy atom. The van der Waals surface area contributed by atoms with Crippen LogP contribution in [0.15, 0.2) is 18.2 Å². The average molecular weight is 296 g/mol. The van der Waals surface area contributed by atoms with Crippen molar-refractivity contribution >= 4 is 17.5 Å². The number of benzene rings is 1. The molecule has 0 saturated carbocycles. The van der Waals surface area contributed by atoms with E-state index in [1.54, 1.807) is 0 Å². The van der Waals surface area contributed by atoms with Gasteiger partial charge in [0.15, 0.2) is 0 Å². The molecule has 1 saturated heterocycles. The molecule has 1 unspecified atom stereocenters. The van der Waals surface area contributed by atoms with Gasteiger partial charge in [-0.1, -0.05) is 23.7 Å². The number of halogens is 1. The lowest BCUT2D eigenvalue weighted by atomic mass is 10.1. The van der Waals surface area contributed by atoms with Crippen LogP contribution in [0.3, 0.4) is 0 Å². The Labute approximate surface area is 125 Å². The summed E-state index contributed by atoms with van der Waals surface area (Å²) in [5, 5.41) is 9.70. The van der Waals surface area contributed by atoms with Gasteiger partial charge in [0.05, 0.1) is 0 Å². The van der Waals surface area contributed by atoms with Crippen molar-refractivity contribution in [3.05, 3.63) is 34.3 Å². The monoisotopic (exact) mass is 295 g/mol. The molecule has 2 rings (SSSR count). The number of nitrogens with zero attached hydrogens (tertiary/aromatic N) is 1. The van der Waals surface area contributed by atoms with Crippen molar-refractivity contribution < 1.29 is 9.90 Å². The van der Waals surface area contributed by atoms with E-state index in [1.807, 2.05) is 30.0 Å². The molecule has 1 atom stereocenters. The van der Waals surface area contributed by atoms with Gasteiger partial charge < -0.3 is 10.0 Å². The Morgan fingerprint density at radius 2 is 2.30 bits per heavy atom. The number of aliphatic hydroxyl groups is 1. The van der Waals surface area contributed by atoms with Crippen molar-refractivity contribution in [1.82, 2.24) is 4.90 Å². The fraction of sp³-hybridized carbons (Fsp3) is 0.562. The zero-order valence-electron chi connectivity index (χ0n) is 11.9. The molecule has 20 heavy (non-hydrogen) atoms. The molecule has 1 aromatic carbocycles. The van der Waals surface area contributed by atoms with E-state index in [9.17, 15) is 4.79 Å². The SMILES string of the molecule is Cc1ccc(CCC(=O)N2CCC(CCO)C2)cc1Cl. The Hall–Kier alpha value is -1.06. The first kappa shape index (κ1) is 15.3. The minimum Gasteiger partial charge on any atom is -0.396 e. The lowest BCUT2D eigenvalue weighted by molar-refractivity contribution is -0.130. The maximum Gasteiger partial charge on any atom is 0.222 e. The van der Waals surface area contributed by atoms with Gasteiger partial charge in [-0.05, 0) is 49.3 Å². The minimum absolute atomic E-state index is 0.210. The van der Waals surface area contributed by atoms with Crippen LogP contribution in [0.2, 0.25) is 5.02 Å². The smallest absolute Gasteiger partial charge is 0.222 e. The van der Waals surface area contributed by atoms with Crippen molar-refractivity contribution in [2.75, 3.05) is 19.7 Å². The van der Waals surface area contributed by atoms with Crippen LogP contribution >= 0.6 is 11.6 Å². The summed E-state index contributed by atoms with van der Waals surface area (Å²) in [6.45, 7) is 3.82. The molecule has 1 heterocycles. The summed E-state index contributed by atoms with van der Waals surface area (Å²) in [4.78, 5) is 14.1. The molecule has 3 nitrogen and oxygen atoms in total. The van der Waals surface area contributed by atoms with Crippen LogP contribution in [0.5, 0.6) is 0 Å². The third-order valence-electron chi connectivity index (χ3n) is 4.04. The molecule has 1 aromatic rings. The number of hydrogen-bond acceptors (Lipinski definition) is 2. The van der Waals surface area contributed by atoms with Crippen LogP contribution in [-0.2, 0) is 11.2 Å². The van der Waals surface area contributed by atoms with Crippen molar-refractivity contribution in [2.24, 2.45) is 5.92 Å². The lowest BCUT2D eigenvalue weighted by Crippen LogP contribution is -2.29. The van der Waals surface area contributed by atoms with Gasteiger partial charge in [-0.3, -0.25) is 4.79 Å². The van der Waals surface area contributed by atoms with Gasteiger partial charge in [-0.2, -0.15) is 0 Å². The van der Waals surface area contributed by atoms with E-state index < -0.39 is 0 Å². The van der Waals surface area contributed by atoms with Crippen LogP contribution in [0.4, 0.5) is 0 Å². The maximum atomic E-state index is 12.2. The molecular formula is C16H22ClNO2. The number of aliphatic hydroxyl groups excluding tert-OH is 1. The molecule has 0 aromatic heterocycles. The Kier molecular flexibility index (Phi) is 5.44. The number of hydrogen-bond donors (Lipinski definition) is 1. The standard InChI is InChI=1S/C16H22ClNO2/c1-12-2-3-13(10-15(12)17)4-5-16(20)18-8-6-14(11-18)7-9-19/h2-3,10,14,19H,4-9,11H2,1H3. The molecular weight excluding hydrogens is 274 g/mol. The molecule has 0 aliphatic carbocycles. The van der Waals surface area contributed by atoms with Gasteiger partial charge in [0.1, 0.15) is 0 Å². The first-order valence-corrected chi connectivity index (χ1v) is 7.61. The van der Waals surface area contributed by atoms with Gasteiger partial charge in [0, 0.05) is 31.1 Å². The van der Waals surface area contributed by atoms with E-state index in [1.165, 1.54) is 0 Å². The fourth-order valence-electron chi connectivity index (χ4n) is 2.68. The molecule has 110 valence electrons. The van der Waals surface area contributed by atoms with Crippen LogP contribution in [0, 0.1) is 12.8 Å².